The second-order valence-electron chi connectivity index (χ2n) is 3.51. The predicted molar refractivity (Wildman–Crippen MR) is 62.8 cm³/mol. The fourth-order valence-corrected chi connectivity index (χ4v) is 1.29. The molecule has 90 valence electrons. The molecule has 0 saturated carbocycles. The Morgan fingerprint density at radius 2 is 2.12 bits per heavy atom. The molecular weight excluding hydrogens is 220 g/mol. The Morgan fingerprint density at radius 1 is 1.35 bits per heavy atom. The molecule has 0 unspecified atom stereocenters. The molecule has 1 rings (SSSR count). The van der Waals surface area contributed by atoms with Crippen molar-refractivity contribution in [2.75, 3.05) is 0 Å². The van der Waals surface area contributed by atoms with Gasteiger partial charge in [-0.05, 0) is 24.1 Å². The lowest BCUT2D eigenvalue weighted by Crippen LogP contribution is -2.10. The summed E-state index contributed by atoms with van der Waals surface area (Å²) < 4.78 is 5.02. The number of carboxylic acid groups (broad SMARTS) is 1. The number of carboxylic acids is 1. The largest absolute Gasteiger partial charge is 0.481 e. The topological polar surface area (TPSA) is 63.6 Å². The predicted octanol–water partition coefficient (Wildman–Crippen LogP) is 2.19. The van der Waals surface area contributed by atoms with Gasteiger partial charge in [-0.15, -0.1) is 6.58 Å². The molecular formula is C13H14O4. The van der Waals surface area contributed by atoms with E-state index in [9.17, 15) is 9.59 Å². The van der Waals surface area contributed by atoms with Crippen LogP contribution in [0.3, 0.4) is 0 Å². The number of carbonyl (C=O) groups excluding carboxylic acids is 1. The van der Waals surface area contributed by atoms with Crippen molar-refractivity contribution in [1.29, 1.82) is 0 Å². The summed E-state index contributed by atoms with van der Waals surface area (Å²) in [4.78, 5) is 21.6. The third-order valence-corrected chi connectivity index (χ3v) is 2.05. The van der Waals surface area contributed by atoms with Gasteiger partial charge >= 0.3 is 11.9 Å². The number of rotatable bonds is 6. The lowest BCUT2D eigenvalue weighted by Gasteiger charge is -2.04. The number of aliphatic carboxylic acids is 1. The highest BCUT2D eigenvalue weighted by atomic mass is 16.5. The van der Waals surface area contributed by atoms with E-state index >= 15 is 0 Å². The Hall–Kier alpha value is -2.10. The zero-order valence-corrected chi connectivity index (χ0v) is 9.39. The van der Waals surface area contributed by atoms with Gasteiger partial charge in [-0.2, -0.15) is 0 Å². The summed E-state index contributed by atoms with van der Waals surface area (Å²) in [6.45, 7) is 3.62. The highest BCUT2D eigenvalue weighted by Crippen LogP contribution is 2.14. The molecule has 1 N–H and O–H groups in total. The van der Waals surface area contributed by atoms with Gasteiger partial charge in [0.1, 0.15) is 5.75 Å². The zero-order chi connectivity index (χ0) is 12.7. The molecule has 0 heterocycles. The minimum absolute atomic E-state index is 0.124. The number of hydrogen-bond acceptors (Lipinski definition) is 3. The van der Waals surface area contributed by atoms with Crippen LogP contribution in [0.4, 0.5) is 0 Å². The van der Waals surface area contributed by atoms with Gasteiger partial charge in [0.05, 0.1) is 12.8 Å². The SMILES string of the molecule is C=CCc1cccc(OC(=O)CCC(=O)O)c1. The number of hydrogen-bond donors (Lipinski definition) is 1. The smallest absolute Gasteiger partial charge is 0.311 e. The van der Waals surface area contributed by atoms with Crippen molar-refractivity contribution < 1.29 is 19.4 Å². The maximum atomic E-state index is 11.3. The van der Waals surface area contributed by atoms with Gasteiger partial charge < -0.3 is 9.84 Å². The third kappa shape index (κ3) is 4.97. The first-order valence-electron chi connectivity index (χ1n) is 5.24. The van der Waals surface area contributed by atoms with Crippen LogP contribution in [0.25, 0.3) is 0 Å². The second kappa shape index (κ2) is 6.48. The van der Waals surface area contributed by atoms with E-state index in [0.717, 1.165) is 5.56 Å². The Kier molecular flexibility index (Phi) is 4.94. The number of benzene rings is 1. The first-order chi connectivity index (χ1) is 8.11. The van der Waals surface area contributed by atoms with E-state index in [1.165, 1.54) is 0 Å². The molecule has 4 nitrogen and oxygen atoms in total. The Labute approximate surface area is 99.5 Å². The quantitative estimate of drug-likeness (QED) is 0.465. The van der Waals surface area contributed by atoms with Crippen molar-refractivity contribution in [1.82, 2.24) is 0 Å². The molecule has 17 heavy (non-hydrogen) atoms. The van der Waals surface area contributed by atoms with Crippen molar-refractivity contribution in [3.63, 3.8) is 0 Å². The average Bonchev–Trinajstić information content (AvgIpc) is 2.27. The molecule has 1 aromatic carbocycles. The monoisotopic (exact) mass is 234 g/mol. The molecule has 4 heteroatoms. The van der Waals surface area contributed by atoms with E-state index in [0.29, 0.717) is 12.2 Å². The summed E-state index contributed by atoms with van der Waals surface area (Å²) in [5.41, 5.74) is 0.989. The summed E-state index contributed by atoms with van der Waals surface area (Å²) in [6, 6.07) is 7.07. The summed E-state index contributed by atoms with van der Waals surface area (Å²) in [5.74, 6) is -1.12. The molecule has 0 saturated heterocycles. The van der Waals surface area contributed by atoms with E-state index in [4.69, 9.17) is 9.84 Å². The van der Waals surface area contributed by atoms with Crippen LogP contribution in [0, 0.1) is 0 Å². The van der Waals surface area contributed by atoms with Gasteiger partial charge in [0.2, 0.25) is 0 Å². The van der Waals surface area contributed by atoms with Gasteiger partial charge in [-0.1, -0.05) is 18.2 Å². The summed E-state index contributed by atoms with van der Waals surface area (Å²) in [5, 5.41) is 8.42. The Morgan fingerprint density at radius 3 is 2.76 bits per heavy atom. The summed E-state index contributed by atoms with van der Waals surface area (Å²) in [6.07, 6.45) is 2.11. The van der Waals surface area contributed by atoms with Gasteiger partial charge in [-0.25, -0.2) is 0 Å². The molecule has 0 aliphatic rings. The van der Waals surface area contributed by atoms with Crippen LogP contribution in [0.1, 0.15) is 18.4 Å². The standard InChI is InChI=1S/C13H14O4/c1-2-4-10-5-3-6-11(9-10)17-13(16)8-7-12(14)15/h2-3,5-6,9H,1,4,7-8H2,(H,14,15). The normalized spacial score (nSPS) is 9.65. The lowest BCUT2D eigenvalue weighted by molar-refractivity contribution is -0.142. The molecule has 0 spiro atoms. The minimum atomic E-state index is -1.01. The van der Waals surface area contributed by atoms with Crippen LogP contribution < -0.4 is 4.74 Å². The minimum Gasteiger partial charge on any atom is -0.481 e. The molecule has 0 aliphatic heterocycles. The summed E-state index contributed by atoms with van der Waals surface area (Å²) in [7, 11) is 0. The van der Waals surface area contributed by atoms with Crippen LogP contribution in [-0.2, 0) is 16.0 Å². The molecule has 0 atom stereocenters. The number of allylic oxidation sites excluding steroid dienone is 1. The fraction of sp³-hybridized carbons (Fsp3) is 0.231. The van der Waals surface area contributed by atoms with Crippen molar-refractivity contribution in [2.45, 2.75) is 19.3 Å². The molecule has 0 amide bonds. The number of ether oxygens (including phenoxy) is 1. The molecule has 0 aliphatic carbocycles. The van der Waals surface area contributed by atoms with Crippen LogP contribution in [0.15, 0.2) is 36.9 Å². The van der Waals surface area contributed by atoms with E-state index in [2.05, 4.69) is 6.58 Å². The lowest BCUT2D eigenvalue weighted by atomic mass is 10.1. The second-order valence-corrected chi connectivity index (χ2v) is 3.51. The highest BCUT2D eigenvalue weighted by Gasteiger charge is 2.07. The molecule has 1 aromatic rings. The van der Waals surface area contributed by atoms with Gasteiger partial charge in [0.25, 0.3) is 0 Å². The van der Waals surface area contributed by atoms with E-state index in [1.54, 1.807) is 24.3 Å². The Bertz CT molecular complexity index is 423. The highest BCUT2D eigenvalue weighted by molar-refractivity contribution is 5.78. The number of esters is 1. The summed E-state index contributed by atoms with van der Waals surface area (Å²) >= 11 is 0. The molecule has 0 radical (unpaired) electrons. The fourth-order valence-electron chi connectivity index (χ4n) is 1.29. The maximum Gasteiger partial charge on any atom is 0.311 e. The molecule has 0 bridgehead atoms. The zero-order valence-electron chi connectivity index (χ0n) is 9.39. The number of carbonyl (C=O) groups is 2. The van der Waals surface area contributed by atoms with Crippen LogP contribution >= 0.6 is 0 Å². The van der Waals surface area contributed by atoms with Gasteiger partial charge in [0.15, 0.2) is 0 Å². The van der Waals surface area contributed by atoms with Crippen LogP contribution in [-0.4, -0.2) is 17.0 Å². The van der Waals surface area contributed by atoms with Crippen molar-refractivity contribution in [2.24, 2.45) is 0 Å². The third-order valence-electron chi connectivity index (χ3n) is 2.05. The Balaban J connectivity index is 2.55. The first-order valence-corrected chi connectivity index (χ1v) is 5.24. The van der Waals surface area contributed by atoms with Gasteiger partial charge in [-0.3, -0.25) is 9.59 Å². The van der Waals surface area contributed by atoms with Crippen LogP contribution in [0.2, 0.25) is 0 Å². The van der Waals surface area contributed by atoms with E-state index in [-0.39, 0.29) is 12.8 Å². The van der Waals surface area contributed by atoms with Crippen molar-refractivity contribution >= 4 is 11.9 Å². The molecule has 0 fully saturated rings. The van der Waals surface area contributed by atoms with E-state index in [1.807, 2.05) is 6.07 Å². The van der Waals surface area contributed by atoms with Crippen LogP contribution in [0.5, 0.6) is 5.75 Å². The molecule has 0 aromatic heterocycles. The van der Waals surface area contributed by atoms with E-state index < -0.39 is 11.9 Å². The average molecular weight is 234 g/mol. The van der Waals surface area contributed by atoms with Crippen molar-refractivity contribution in [3.8, 4) is 5.75 Å². The first kappa shape index (κ1) is 13.0. The van der Waals surface area contributed by atoms with Crippen molar-refractivity contribution in [3.05, 3.63) is 42.5 Å². The van der Waals surface area contributed by atoms with Gasteiger partial charge in [0, 0.05) is 0 Å². The maximum absolute atomic E-state index is 11.3.